The molecule has 0 spiro atoms. The van der Waals surface area contributed by atoms with E-state index < -0.39 is 8.75 Å². The molecule has 0 radical (unpaired) electrons. The van der Waals surface area contributed by atoms with Crippen LogP contribution in [0.2, 0.25) is 0 Å². The van der Waals surface area contributed by atoms with Gasteiger partial charge in [-0.15, -0.1) is 0 Å². The zero-order valence-corrected chi connectivity index (χ0v) is 8.61. The Morgan fingerprint density at radius 1 is 1.42 bits per heavy atom. The second-order valence-corrected chi connectivity index (χ2v) is 10.2. The first-order chi connectivity index (χ1) is 5.35. The van der Waals surface area contributed by atoms with Gasteiger partial charge in [0.15, 0.2) is 0 Å². The molecule has 3 heteroatoms. The van der Waals surface area contributed by atoms with Gasteiger partial charge in [-0.05, 0) is 30.3 Å². The van der Waals surface area contributed by atoms with Crippen LogP contribution in [0.5, 0.6) is 0 Å². The first-order valence-corrected chi connectivity index (χ1v) is 7.07. The van der Waals surface area contributed by atoms with Gasteiger partial charge in [0.25, 0.3) is 0 Å². The minimum atomic E-state index is -1.70. The smallest absolute Gasteiger partial charge is 0.0448 e. The molecule has 1 heterocycles. The molecule has 0 saturated carbocycles. The van der Waals surface area contributed by atoms with Crippen LogP contribution in [-0.4, -0.2) is 29.8 Å². The number of nitrogens with two attached hydrogens (primary N) is 1. The first kappa shape index (κ1) is 9.26. The molecule has 0 amide bonds. The van der Waals surface area contributed by atoms with E-state index in [0.717, 1.165) is 10.6 Å². The lowest BCUT2D eigenvalue weighted by Gasteiger charge is -2.39. The Morgan fingerprint density at radius 3 is 2.33 bits per heavy atom. The quantitative estimate of drug-likeness (QED) is 0.470. The standard InChI is InChI=1S/C9H16N2S/c1-12(2,3)6-4-5-8(11)9(12)7-10/h4-7,10H,11H2,1-3H3. The predicted octanol–water partition coefficient (Wildman–Crippen LogP) is 1.41. The van der Waals surface area contributed by atoms with Crippen LogP contribution in [-0.2, 0) is 0 Å². The van der Waals surface area contributed by atoms with Crippen molar-refractivity contribution in [3.05, 3.63) is 23.3 Å². The highest BCUT2D eigenvalue weighted by Gasteiger charge is 2.20. The molecule has 1 aliphatic heterocycles. The molecular weight excluding hydrogens is 168 g/mol. The van der Waals surface area contributed by atoms with Crippen molar-refractivity contribution in [1.82, 2.24) is 0 Å². The molecule has 0 aromatic heterocycles. The van der Waals surface area contributed by atoms with Gasteiger partial charge in [-0.3, -0.25) is 0 Å². The fraction of sp³-hybridized carbons (Fsp3) is 0.333. The van der Waals surface area contributed by atoms with Crippen LogP contribution in [0.4, 0.5) is 0 Å². The number of nitrogens with one attached hydrogen (secondary N) is 1. The normalized spacial score (nSPS) is 28.4. The number of hydrogen-bond donors (Lipinski definition) is 2. The number of allylic oxidation sites excluding steroid dienone is 3. The van der Waals surface area contributed by atoms with Gasteiger partial charge in [-0.2, -0.15) is 0 Å². The van der Waals surface area contributed by atoms with Gasteiger partial charge in [-0.25, -0.2) is 8.75 Å². The third-order valence-corrected chi connectivity index (χ3v) is 5.07. The summed E-state index contributed by atoms with van der Waals surface area (Å²) in [5.74, 6) is 0. The van der Waals surface area contributed by atoms with Gasteiger partial charge in [0.05, 0.1) is 0 Å². The second-order valence-electron chi connectivity index (χ2n) is 4.12. The molecule has 0 unspecified atom stereocenters. The summed E-state index contributed by atoms with van der Waals surface area (Å²) >= 11 is 0. The zero-order chi connectivity index (χ0) is 9.43. The molecule has 0 saturated heterocycles. The van der Waals surface area contributed by atoms with E-state index in [9.17, 15) is 0 Å². The van der Waals surface area contributed by atoms with E-state index in [1.54, 1.807) is 0 Å². The van der Waals surface area contributed by atoms with E-state index in [2.05, 4.69) is 24.2 Å². The molecule has 0 fully saturated rings. The highest BCUT2D eigenvalue weighted by molar-refractivity contribution is 8.49. The van der Waals surface area contributed by atoms with Gasteiger partial charge in [0, 0.05) is 16.8 Å². The van der Waals surface area contributed by atoms with E-state index in [0.29, 0.717) is 0 Å². The maximum absolute atomic E-state index is 7.32. The van der Waals surface area contributed by atoms with Crippen LogP contribution in [0.3, 0.4) is 0 Å². The average Bonchev–Trinajstić information content (AvgIpc) is 1.83. The third-order valence-electron chi connectivity index (χ3n) is 2.03. The predicted molar refractivity (Wildman–Crippen MR) is 60.6 cm³/mol. The lowest BCUT2D eigenvalue weighted by atomic mass is 10.3. The molecule has 3 N–H and O–H groups in total. The molecule has 1 aliphatic rings. The molecule has 0 aromatic rings. The maximum atomic E-state index is 7.32. The minimum Gasteiger partial charge on any atom is -0.398 e. The van der Waals surface area contributed by atoms with E-state index >= 15 is 0 Å². The summed E-state index contributed by atoms with van der Waals surface area (Å²) in [4.78, 5) is 0.981. The van der Waals surface area contributed by atoms with Gasteiger partial charge in [0.2, 0.25) is 0 Å². The molecule has 0 bridgehead atoms. The summed E-state index contributed by atoms with van der Waals surface area (Å²) in [5.41, 5.74) is 6.54. The summed E-state index contributed by atoms with van der Waals surface area (Å²) in [6.45, 7) is 0. The van der Waals surface area contributed by atoms with Crippen molar-refractivity contribution in [3.8, 4) is 0 Å². The SMILES string of the molecule is CS1(C)(C)=C(C=N)C(N)=CC=C1. The molecule has 0 atom stereocenters. The topological polar surface area (TPSA) is 49.9 Å². The average molecular weight is 184 g/mol. The van der Waals surface area contributed by atoms with Crippen molar-refractivity contribution >= 4 is 19.8 Å². The van der Waals surface area contributed by atoms with Gasteiger partial charge >= 0.3 is 0 Å². The van der Waals surface area contributed by atoms with Crippen LogP contribution in [0.1, 0.15) is 0 Å². The summed E-state index contributed by atoms with van der Waals surface area (Å²) < 4.78 is 0. The van der Waals surface area contributed by atoms with E-state index in [4.69, 9.17) is 11.1 Å². The van der Waals surface area contributed by atoms with Crippen LogP contribution in [0, 0.1) is 5.41 Å². The molecule has 12 heavy (non-hydrogen) atoms. The Kier molecular flexibility index (Phi) is 1.80. The van der Waals surface area contributed by atoms with E-state index in [1.807, 2.05) is 12.2 Å². The summed E-state index contributed by atoms with van der Waals surface area (Å²) in [7, 11) is -1.70. The van der Waals surface area contributed by atoms with Gasteiger partial charge in [0.1, 0.15) is 0 Å². The van der Waals surface area contributed by atoms with Crippen molar-refractivity contribution in [1.29, 1.82) is 5.41 Å². The van der Waals surface area contributed by atoms with Crippen LogP contribution >= 0.6 is 8.75 Å². The Labute approximate surface area is 73.5 Å². The van der Waals surface area contributed by atoms with E-state index in [-0.39, 0.29) is 0 Å². The first-order valence-electron chi connectivity index (χ1n) is 3.74. The number of rotatable bonds is 1. The lowest BCUT2D eigenvalue weighted by molar-refractivity contribution is 1.49. The van der Waals surface area contributed by atoms with Crippen molar-refractivity contribution in [2.75, 3.05) is 18.8 Å². The fourth-order valence-electron chi connectivity index (χ4n) is 1.29. The minimum absolute atomic E-state index is 0.738. The molecule has 68 valence electrons. The van der Waals surface area contributed by atoms with Crippen molar-refractivity contribution in [3.63, 3.8) is 0 Å². The monoisotopic (exact) mass is 184 g/mol. The van der Waals surface area contributed by atoms with Gasteiger partial charge in [-0.1, -0.05) is 6.08 Å². The highest BCUT2D eigenvalue weighted by Crippen LogP contribution is 2.52. The Bertz CT molecular complexity index is 342. The summed E-state index contributed by atoms with van der Waals surface area (Å²) in [6, 6.07) is 0. The molecular formula is C9H16N2S. The molecule has 0 aromatic carbocycles. The summed E-state index contributed by atoms with van der Waals surface area (Å²) in [5, 5.41) is 9.49. The Balaban J connectivity index is 3.59. The second kappa shape index (κ2) is 2.33. The maximum Gasteiger partial charge on any atom is 0.0448 e. The van der Waals surface area contributed by atoms with Crippen LogP contribution < -0.4 is 5.73 Å². The largest absolute Gasteiger partial charge is 0.398 e. The number of hydrogen-bond acceptors (Lipinski definition) is 2. The lowest BCUT2D eigenvalue weighted by Crippen LogP contribution is -2.23. The Hall–Kier alpha value is -0.830. The van der Waals surface area contributed by atoms with Crippen LogP contribution in [0.25, 0.3) is 0 Å². The van der Waals surface area contributed by atoms with E-state index in [1.165, 1.54) is 6.21 Å². The van der Waals surface area contributed by atoms with Gasteiger partial charge < -0.3 is 11.1 Å². The van der Waals surface area contributed by atoms with Crippen molar-refractivity contribution < 1.29 is 0 Å². The highest BCUT2D eigenvalue weighted by atomic mass is 32.3. The molecule has 0 aliphatic carbocycles. The van der Waals surface area contributed by atoms with Crippen LogP contribution in [0.15, 0.2) is 23.3 Å². The zero-order valence-electron chi connectivity index (χ0n) is 7.79. The fourth-order valence-corrected chi connectivity index (χ4v) is 3.40. The summed E-state index contributed by atoms with van der Waals surface area (Å²) in [6.07, 6.45) is 11.8. The third kappa shape index (κ3) is 1.37. The molecule has 1 rings (SSSR count). The Morgan fingerprint density at radius 2 is 2.00 bits per heavy atom. The van der Waals surface area contributed by atoms with Crippen molar-refractivity contribution in [2.45, 2.75) is 0 Å². The van der Waals surface area contributed by atoms with Crippen molar-refractivity contribution in [2.24, 2.45) is 5.73 Å². The molecule has 2 nitrogen and oxygen atoms in total.